The van der Waals surface area contributed by atoms with Crippen LogP contribution in [0.1, 0.15) is 59.8 Å². The van der Waals surface area contributed by atoms with Gasteiger partial charge in [-0.15, -0.1) is 0 Å². The lowest BCUT2D eigenvalue weighted by molar-refractivity contribution is 0.844. The Morgan fingerprint density at radius 2 is 1.60 bits per heavy atom. The number of allylic oxidation sites excluding steroid dienone is 6. The van der Waals surface area contributed by atoms with Gasteiger partial charge in [0.05, 0.1) is 0 Å². The molecule has 0 nitrogen and oxygen atoms in total. The third-order valence-corrected chi connectivity index (χ3v) is 3.26. The minimum atomic E-state index is 1.17. The Balaban J connectivity index is 2.80. The van der Waals surface area contributed by atoms with Crippen LogP contribution in [0.15, 0.2) is 34.4 Å². The van der Waals surface area contributed by atoms with Gasteiger partial charge in [0.2, 0.25) is 0 Å². The maximum Gasteiger partial charge on any atom is -0.0134 e. The van der Waals surface area contributed by atoms with Crippen LogP contribution in [0.5, 0.6) is 0 Å². The van der Waals surface area contributed by atoms with Crippen molar-refractivity contribution in [3.05, 3.63) is 34.4 Å². The normalized spacial score (nSPS) is 19.3. The molecule has 0 saturated carbocycles. The molecule has 0 atom stereocenters. The van der Waals surface area contributed by atoms with Crippen molar-refractivity contribution >= 4 is 0 Å². The highest BCUT2D eigenvalue weighted by Crippen LogP contribution is 2.22. The smallest absolute Gasteiger partial charge is 0.0134 e. The zero-order valence-electron chi connectivity index (χ0n) is 10.7. The number of rotatable bonds is 0. The second kappa shape index (κ2) is 5.95. The fourth-order valence-electron chi connectivity index (χ4n) is 1.95. The third kappa shape index (κ3) is 4.51. The zero-order valence-corrected chi connectivity index (χ0v) is 10.7. The summed E-state index contributed by atoms with van der Waals surface area (Å²) in [4.78, 5) is 0. The Hall–Kier alpha value is -0.780. The molecule has 0 heterocycles. The molecule has 84 valence electrons. The minimum absolute atomic E-state index is 1.17. The lowest BCUT2D eigenvalue weighted by Gasteiger charge is -2.11. The van der Waals surface area contributed by atoms with Crippen LogP contribution in [0.25, 0.3) is 0 Å². The van der Waals surface area contributed by atoms with Crippen LogP contribution in [0.3, 0.4) is 0 Å². The van der Waals surface area contributed by atoms with Crippen molar-refractivity contribution in [2.75, 3.05) is 0 Å². The highest BCUT2D eigenvalue weighted by molar-refractivity contribution is 5.18. The van der Waals surface area contributed by atoms with Gasteiger partial charge in [0.1, 0.15) is 0 Å². The second-order valence-electron chi connectivity index (χ2n) is 4.95. The summed E-state index contributed by atoms with van der Waals surface area (Å²) in [6.07, 6.45) is 10.9. The molecule has 1 aliphatic rings. The van der Waals surface area contributed by atoms with Gasteiger partial charge in [-0.1, -0.05) is 34.4 Å². The largest absolute Gasteiger partial charge is 0.0853 e. The lowest BCUT2D eigenvalue weighted by Crippen LogP contribution is -1.91. The maximum absolute atomic E-state index is 2.41. The van der Waals surface area contributed by atoms with E-state index < -0.39 is 0 Å². The first-order valence-electron chi connectivity index (χ1n) is 6.06. The minimum Gasteiger partial charge on any atom is -0.0853 e. The maximum atomic E-state index is 2.41. The van der Waals surface area contributed by atoms with Crippen LogP contribution >= 0.6 is 0 Å². The van der Waals surface area contributed by atoms with Gasteiger partial charge in [-0.2, -0.15) is 0 Å². The Kier molecular flexibility index (Phi) is 4.87. The summed E-state index contributed by atoms with van der Waals surface area (Å²) < 4.78 is 0. The van der Waals surface area contributed by atoms with Crippen molar-refractivity contribution in [3.8, 4) is 0 Å². The van der Waals surface area contributed by atoms with Gasteiger partial charge in [-0.05, 0) is 59.8 Å². The molecule has 0 fully saturated rings. The molecule has 0 amide bonds. The molecule has 0 bridgehead atoms. The molecule has 0 spiro atoms. The summed E-state index contributed by atoms with van der Waals surface area (Å²) in [5, 5.41) is 0. The summed E-state index contributed by atoms with van der Waals surface area (Å²) in [5.74, 6) is 0. The van der Waals surface area contributed by atoms with Crippen molar-refractivity contribution in [2.45, 2.75) is 59.8 Å². The summed E-state index contributed by atoms with van der Waals surface area (Å²) >= 11 is 0. The highest BCUT2D eigenvalue weighted by Gasteiger charge is 2.02. The molecule has 0 unspecified atom stereocenters. The molecule has 15 heavy (non-hydrogen) atoms. The third-order valence-electron chi connectivity index (χ3n) is 3.26. The molecular formula is C15H24. The van der Waals surface area contributed by atoms with Gasteiger partial charge in [0.25, 0.3) is 0 Å². The Morgan fingerprint density at radius 1 is 0.933 bits per heavy atom. The van der Waals surface area contributed by atoms with Crippen molar-refractivity contribution in [3.63, 3.8) is 0 Å². The highest BCUT2D eigenvalue weighted by atomic mass is 14.1. The topological polar surface area (TPSA) is 0 Å². The molecule has 0 aromatic heterocycles. The van der Waals surface area contributed by atoms with Crippen LogP contribution in [-0.4, -0.2) is 0 Å². The van der Waals surface area contributed by atoms with E-state index in [4.69, 9.17) is 0 Å². The van der Waals surface area contributed by atoms with E-state index in [0.29, 0.717) is 0 Å². The van der Waals surface area contributed by atoms with E-state index in [0.717, 1.165) is 0 Å². The summed E-state index contributed by atoms with van der Waals surface area (Å²) in [7, 11) is 0. The van der Waals surface area contributed by atoms with Gasteiger partial charge < -0.3 is 0 Å². The summed E-state index contributed by atoms with van der Waals surface area (Å²) in [6.45, 7) is 9.00. The summed E-state index contributed by atoms with van der Waals surface area (Å²) in [6, 6.07) is 0. The molecule has 0 radical (unpaired) electrons. The van der Waals surface area contributed by atoms with Crippen molar-refractivity contribution in [2.24, 2.45) is 0 Å². The second-order valence-corrected chi connectivity index (χ2v) is 4.95. The van der Waals surface area contributed by atoms with Crippen molar-refractivity contribution in [1.82, 2.24) is 0 Å². The van der Waals surface area contributed by atoms with E-state index in [1.165, 1.54) is 37.7 Å². The van der Waals surface area contributed by atoms with Gasteiger partial charge in [-0.3, -0.25) is 0 Å². The van der Waals surface area contributed by atoms with Gasteiger partial charge in [-0.25, -0.2) is 0 Å². The van der Waals surface area contributed by atoms with E-state index in [-0.39, 0.29) is 0 Å². The SMILES string of the molecule is CC1=CCC(=C(C)C)CCC(C)=CCC1. The number of hydrogen-bond acceptors (Lipinski definition) is 0. The van der Waals surface area contributed by atoms with Gasteiger partial charge in [0, 0.05) is 0 Å². The van der Waals surface area contributed by atoms with Crippen LogP contribution in [-0.2, 0) is 0 Å². The zero-order chi connectivity index (χ0) is 11.3. The first-order valence-corrected chi connectivity index (χ1v) is 6.06. The monoisotopic (exact) mass is 204 g/mol. The average Bonchev–Trinajstić information content (AvgIpc) is 2.16. The molecule has 0 saturated heterocycles. The van der Waals surface area contributed by atoms with Crippen LogP contribution in [0.4, 0.5) is 0 Å². The van der Waals surface area contributed by atoms with E-state index in [9.17, 15) is 0 Å². The number of hydrogen-bond donors (Lipinski definition) is 0. The van der Waals surface area contributed by atoms with E-state index in [1.807, 2.05) is 0 Å². The fourth-order valence-corrected chi connectivity index (χ4v) is 1.95. The van der Waals surface area contributed by atoms with Gasteiger partial charge >= 0.3 is 0 Å². The summed E-state index contributed by atoms with van der Waals surface area (Å²) in [5.41, 5.74) is 6.24. The van der Waals surface area contributed by atoms with Crippen molar-refractivity contribution < 1.29 is 0 Å². The Labute approximate surface area is 94.8 Å². The van der Waals surface area contributed by atoms with Crippen LogP contribution in [0, 0.1) is 0 Å². The molecule has 1 rings (SSSR count). The molecule has 0 aromatic rings. The Morgan fingerprint density at radius 3 is 2.27 bits per heavy atom. The average molecular weight is 204 g/mol. The van der Waals surface area contributed by atoms with Crippen molar-refractivity contribution in [1.29, 1.82) is 0 Å². The molecule has 1 aliphatic carbocycles. The quantitative estimate of drug-likeness (QED) is 0.477. The molecule has 0 aromatic carbocycles. The molecular weight excluding hydrogens is 180 g/mol. The van der Waals surface area contributed by atoms with Crippen LogP contribution in [0.2, 0.25) is 0 Å². The van der Waals surface area contributed by atoms with E-state index in [1.54, 1.807) is 16.7 Å². The molecule has 0 N–H and O–H groups in total. The predicted octanol–water partition coefficient (Wildman–Crippen LogP) is 5.18. The predicted molar refractivity (Wildman–Crippen MR) is 69.0 cm³/mol. The molecule has 0 aliphatic heterocycles. The van der Waals surface area contributed by atoms with Gasteiger partial charge in [0.15, 0.2) is 0 Å². The standard InChI is InChI=1S/C15H24/c1-12(2)15-10-8-13(3)6-5-7-14(4)9-11-15/h6,9H,5,7-8,10-11H2,1-4H3. The molecule has 0 heteroatoms. The fraction of sp³-hybridized carbons (Fsp3) is 0.600. The lowest BCUT2D eigenvalue weighted by atomic mass is 9.95. The van der Waals surface area contributed by atoms with Crippen LogP contribution < -0.4 is 0 Å². The Bertz CT molecular complexity index is 296. The first kappa shape index (κ1) is 12.3. The van der Waals surface area contributed by atoms with E-state index in [2.05, 4.69) is 39.8 Å². The van der Waals surface area contributed by atoms with E-state index >= 15 is 0 Å². The first-order chi connectivity index (χ1) is 7.09.